The van der Waals surface area contributed by atoms with Crippen LogP contribution in [0.5, 0.6) is 0 Å². The van der Waals surface area contributed by atoms with Crippen LogP contribution in [0.4, 0.5) is 0 Å². The van der Waals surface area contributed by atoms with Gasteiger partial charge in [-0.3, -0.25) is 0 Å². The van der Waals surface area contributed by atoms with Crippen LogP contribution < -0.4 is 0 Å². The zero-order chi connectivity index (χ0) is 19.3. The van der Waals surface area contributed by atoms with Crippen molar-refractivity contribution in [1.29, 1.82) is 5.26 Å². The second-order valence-corrected chi connectivity index (χ2v) is 6.43. The van der Waals surface area contributed by atoms with Gasteiger partial charge >= 0.3 is 0 Å². The lowest BCUT2D eigenvalue weighted by molar-refractivity contribution is 0.901. The SMILES string of the molecule is Cn1c(/C(C#N)=C\c2ccc(-c3ccccc3)cc2)nnc1-c1ccccc1. The average Bonchev–Trinajstić information content (AvgIpc) is 3.15. The van der Waals surface area contributed by atoms with Crippen molar-refractivity contribution in [1.82, 2.24) is 14.8 Å². The highest BCUT2D eigenvalue weighted by Crippen LogP contribution is 2.24. The van der Waals surface area contributed by atoms with Crippen LogP contribution in [0.1, 0.15) is 11.4 Å². The van der Waals surface area contributed by atoms with Crippen molar-refractivity contribution in [2.24, 2.45) is 7.05 Å². The van der Waals surface area contributed by atoms with Crippen LogP contribution in [0.25, 0.3) is 34.2 Å². The summed E-state index contributed by atoms with van der Waals surface area (Å²) in [6.07, 6.45) is 1.84. The van der Waals surface area contributed by atoms with E-state index in [1.165, 1.54) is 5.56 Å². The molecule has 0 bridgehead atoms. The average molecular weight is 362 g/mol. The third-order valence-corrected chi connectivity index (χ3v) is 4.60. The molecule has 134 valence electrons. The fourth-order valence-electron chi connectivity index (χ4n) is 3.12. The minimum absolute atomic E-state index is 0.477. The Morgan fingerprint density at radius 1 is 0.786 bits per heavy atom. The molecule has 0 N–H and O–H groups in total. The highest BCUT2D eigenvalue weighted by atomic mass is 15.3. The first kappa shape index (κ1) is 17.4. The largest absolute Gasteiger partial charge is 0.310 e. The Morgan fingerprint density at radius 2 is 1.36 bits per heavy atom. The van der Waals surface area contributed by atoms with Gasteiger partial charge in [0.1, 0.15) is 6.07 Å². The van der Waals surface area contributed by atoms with Gasteiger partial charge in [0.05, 0.1) is 5.57 Å². The van der Waals surface area contributed by atoms with Gasteiger partial charge in [0, 0.05) is 12.6 Å². The van der Waals surface area contributed by atoms with E-state index in [1.54, 1.807) is 0 Å². The molecule has 0 radical (unpaired) electrons. The van der Waals surface area contributed by atoms with Gasteiger partial charge in [-0.05, 0) is 22.8 Å². The van der Waals surface area contributed by atoms with Gasteiger partial charge in [0.15, 0.2) is 11.6 Å². The van der Waals surface area contributed by atoms with E-state index in [0.717, 1.165) is 22.5 Å². The fourth-order valence-corrected chi connectivity index (χ4v) is 3.12. The third kappa shape index (κ3) is 3.46. The standard InChI is InChI=1S/C24H18N4/c1-28-23(21-10-6-3-7-11-21)26-27-24(28)22(17-25)16-18-12-14-20(15-13-18)19-8-4-2-5-9-19/h2-16H,1H3/b22-16-. The first-order valence-electron chi connectivity index (χ1n) is 8.99. The second-order valence-electron chi connectivity index (χ2n) is 6.43. The minimum atomic E-state index is 0.477. The molecule has 0 saturated carbocycles. The quantitative estimate of drug-likeness (QED) is 0.468. The summed E-state index contributed by atoms with van der Waals surface area (Å²) in [7, 11) is 1.88. The van der Waals surface area contributed by atoms with Crippen LogP contribution in [0, 0.1) is 11.3 Å². The van der Waals surface area contributed by atoms with Gasteiger partial charge in [-0.2, -0.15) is 5.26 Å². The molecular formula is C24H18N4. The molecule has 0 saturated heterocycles. The Kier molecular flexibility index (Phi) is 4.81. The summed E-state index contributed by atoms with van der Waals surface area (Å²) in [5.41, 5.74) is 4.69. The summed E-state index contributed by atoms with van der Waals surface area (Å²) < 4.78 is 1.85. The lowest BCUT2D eigenvalue weighted by Crippen LogP contribution is -1.98. The van der Waals surface area contributed by atoms with E-state index >= 15 is 0 Å². The van der Waals surface area contributed by atoms with Crippen LogP contribution in [0.2, 0.25) is 0 Å². The summed E-state index contributed by atoms with van der Waals surface area (Å²) in [5, 5.41) is 18.2. The smallest absolute Gasteiger partial charge is 0.174 e. The van der Waals surface area contributed by atoms with Gasteiger partial charge in [-0.15, -0.1) is 10.2 Å². The van der Waals surface area contributed by atoms with Crippen LogP contribution in [-0.2, 0) is 7.05 Å². The van der Waals surface area contributed by atoms with E-state index in [2.05, 4.69) is 40.5 Å². The molecule has 4 nitrogen and oxygen atoms in total. The number of hydrogen-bond acceptors (Lipinski definition) is 3. The predicted molar refractivity (Wildman–Crippen MR) is 112 cm³/mol. The Morgan fingerprint density at radius 3 is 1.96 bits per heavy atom. The molecule has 1 aromatic heterocycles. The monoisotopic (exact) mass is 362 g/mol. The molecule has 1 heterocycles. The fraction of sp³-hybridized carbons (Fsp3) is 0.0417. The van der Waals surface area contributed by atoms with Crippen LogP contribution in [-0.4, -0.2) is 14.8 Å². The first-order chi connectivity index (χ1) is 13.8. The molecular weight excluding hydrogens is 344 g/mol. The molecule has 0 amide bonds. The molecule has 0 unspecified atom stereocenters. The van der Waals surface area contributed by atoms with Gasteiger partial charge in [0.2, 0.25) is 0 Å². The van der Waals surface area contributed by atoms with Crippen molar-refractivity contribution in [3.63, 3.8) is 0 Å². The second kappa shape index (κ2) is 7.73. The van der Waals surface area contributed by atoms with Crippen LogP contribution in [0.3, 0.4) is 0 Å². The highest BCUT2D eigenvalue weighted by molar-refractivity contribution is 5.88. The molecule has 28 heavy (non-hydrogen) atoms. The third-order valence-electron chi connectivity index (χ3n) is 4.60. The summed E-state index contributed by atoms with van der Waals surface area (Å²) in [4.78, 5) is 0. The van der Waals surface area contributed by atoms with Crippen molar-refractivity contribution < 1.29 is 0 Å². The minimum Gasteiger partial charge on any atom is -0.310 e. The van der Waals surface area contributed by atoms with Crippen molar-refractivity contribution in [3.8, 4) is 28.6 Å². The first-order valence-corrected chi connectivity index (χ1v) is 8.99. The predicted octanol–water partition coefficient (Wildman–Crippen LogP) is 5.21. The van der Waals surface area contributed by atoms with E-state index in [-0.39, 0.29) is 0 Å². The zero-order valence-electron chi connectivity index (χ0n) is 15.4. The zero-order valence-corrected chi connectivity index (χ0v) is 15.4. The number of hydrogen-bond donors (Lipinski definition) is 0. The van der Waals surface area contributed by atoms with E-state index < -0.39 is 0 Å². The molecule has 0 atom stereocenters. The molecule has 0 fully saturated rings. The molecule has 4 rings (SSSR count). The number of nitriles is 1. The summed E-state index contributed by atoms with van der Waals surface area (Å²) in [6, 6.07) is 30.4. The molecule has 0 spiro atoms. The van der Waals surface area contributed by atoms with E-state index in [1.807, 2.05) is 78.4 Å². The normalized spacial score (nSPS) is 11.2. The van der Waals surface area contributed by atoms with E-state index in [9.17, 15) is 5.26 Å². The molecule has 0 aliphatic rings. The highest BCUT2D eigenvalue weighted by Gasteiger charge is 2.14. The molecule has 4 aromatic rings. The number of aromatic nitrogens is 3. The van der Waals surface area contributed by atoms with E-state index in [4.69, 9.17) is 0 Å². The van der Waals surface area contributed by atoms with Crippen molar-refractivity contribution in [2.45, 2.75) is 0 Å². The Hall–Kier alpha value is -3.97. The summed E-state index contributed by atoms with van der Waals surface area (Å²) in [6.45, 7) is 0. The lowest BCUT2D eigenvalue weighted by atomic mass is 10.0. The lowest BCUT2D eigenvalue weighted by Gasteiger charge is -2.04. The molecule has 0 aliphatic heterocycles. The van der Waals surface area contributed by atoms with Gasteiger partial charge < -0.3 is 4.57 Å². The topological polar surface area (TPSA) is 54.5 Å². The van der Waals surface area contributed by atoms with Gasteiger partial charge in [-0.1, -0.05) is 84.9 Å². The Balaban J connectivity index is 1.66. The number of nitrogens with zero attached hydrogens (tertiary/aromatic N) is 4. The number of allylic oxidation sites excluding steroid dienone is 1. The van der Waals surface area contributed by atoms with Crippen molar-refractivity contribution in [3.05, 3.63) is 96.3 Å². The maximum Gasteiger partial charge on any atom is 0.174 e. The van der Waals surface area contributed by atoms with Crippen LogP contribution >= 0.6 is 0 Å². The number of rotatable bonds is 4. The Labute approximate surface area is 164 Å². The summed E-state index contributed by atoms with van der Waals surface area (Å²) in [5.74, 6) is 1.28. The van der Waals surface area contributed by atoms with Gasteiger partial charge in [-0.25, -0.2) is 0 Å². The van der Waals surface area contributed by atoms with Crippen LogP contribution in [0.15, 0.2) is 84.9 Å². The maximum absolute atomic E-state index is 9.68. The van der Waals surface area contributed by atoms with Gasteiger partial charge in [0.25, 0.3) is 0 Å². The maximum atomic E-state index is 9.68. The Bertz CT molecular complexity index is 1150. The summed E-state index contributed by atoms with van der Waals surface area (Å²) >= 11 is 0. The van der Waals surface area contributed by atoms with Crippen molar-refractivity contribution in [2.75, 3.05) is 0 Å². The van der Waals surface area contributed by atoms with Crippen molar-refractivity contribution >= 4 is 11.6 Å². The molecule has 4 heteroatoms. The van der Waals surface area contributed by atoms with E-state index in [0.29, 0.717) is 11.4 Å². The number of benzene rings is 3. The molecule has 0 aliphatic carbocycles. The molecule has 3 aromatic carbocycles.